The Morgan fingerprint density at radius 2 is 1.83 bits per heavy atom. The van der Waals surface area contributed by atoms with E-state index in [1.54, 1.807) is 0 Å². The van der Waals surface area contributed by atoms with Crippen molar-refractivity contribution in [1.82, 2.24) is 5.32 Å². The summed E-state index contributed by atoms with van der Waals surface area (Å²) in [6, 6.07) is 0. The third-order valence-electron chi connectivity index (χ3n) is 4.06. The first-order valence-corrected chi connectivity index (χ1v) is 7.90. The van der Waals surface area contributed by atoms with Crippen molar-refractivity contribution >= 4 is 23.6 Å². The van der Waals surface area contributed by atoms with Crippen LogP contribution in [0, 0.1) is 17.8 Å². The Hall–Kier alpha value is -0.710. The molecule has 2 N–H and O–H groups in total. The van der Waals surface area contributed by atoms with Gasteiger partial charge in [0.15, 0.2) is 0 Å². The average Bonchev–Trinajstić information content (AvgIpc) is 2.90. The summed E-state index contributed by atoms with van der Waals surface area (Å²) in [5, 5.41) is 12.0. The van der Waals surface area contributed by atoms with Gasteiger partial charge in [-0.1, -0.05) is 0 Å². The second kappa shape index (κ2) is 6.45. The van der Waals surface area contributed by atoms with E-state index in [2.05, 4.69) is 5.32 Å². The highest BCUT2D eigenvalue weighted by molar-refractivity contribution is 7.99. The minimum absolute atomic E-state index is 0.164. The van der Waals surface area contributed by atoms with Gasteiger partial charge in [-0.15, -0.1) is 0 Å². The Morgan fingerprint density at radius 3 is 2.39 bits per heavy atom. The van der Waals surface area contributed by atoms with Crippen LogP contribution in [0.3, 0.4) is 0 Å². The molecule has 1 atom stereocenters. The van der Waals surface area contributed by atoms with Crippen molar-refractivity contribution in [1.29, 1.82) is 0 Å². The number of hydrogen-bond donors (Lipinski definition) is 2. The summed E-state index contributed by atoms with van der Waals surface area (Å²) in [6.07, 6.45) is 4.37. The summed E-state index contributed by atoms with van der Waals surface area (Å²) < 4.78 is 0. The number of carbonyl (C=O) groups excluding carboxylic acids is 1. The summed E-state index contributed by atoms with van der Waals surface area (Å²) in [5.41, 5.74) is 0. The van der Waals surface area contributed by atoms with Crippen LogP contribution in [0.2, 0.25) is 0 Å². The lowest BCUT2D eigenvalue weighted by atomic mass is 9.82. The molecule has 2 aliphatic rings. The molecule has 1 unspecified atom stereocenters. The van der Waals surface area contributed by atoms with Gasteiger partial charge in [-0.3, -0.25) is 9.59 Å². The molecule has 0 radical (unpaired) electrons. The zero-order valence-electron chi connectivity index (χ0n) is 10.6. The van der Waals surface area contributed by atoms with Crippen molar-refractivity contribution in [2.24, 2.45) is 17.8 Å². The van der Waals surface area contributed by atoms with Crippen LogP contribution in [0.15, 0.2) is 0 Å². The molecule has 0 aromatic heterocycles. The lowest BCUT2D eigenvalue weighted by molar-refractivity contribution is -0.143. The van der Waals surface area contributed by atoms with Crippen molar-refractivity contribution in [3.05, 3.63) is 0 Å². The zero-order chi connectivity index (χ0) is 13.0. The maximum atomic E-state index is 11.8. The van der Waals surface area contributed by atoms with E-state index in [0.717, 1.165) is 50.2 Å². The van der Waals surface area contributed by atoms with Crippen molar-refractivity contribution in [2.75, 3.05) is 18.1 Å². The number of carboxylic acid groups (broad SMARTS) is 1. The van der Waals surface area contributed by atoms with E-state index in [0.29, 0.717) is 5.92 Å². The predicted octanol–water partition coefficient (Wildman–Crippen LogP) is 1.75. The van der Waals surface area contributed by atoms with Crippen LogP contribution < -0.4 is 5.32 Å². The monoisotopic (exact) mass is 271 g/mol. The molecular formula is C13H21NO3S. The Morgan fingerprint density at radius 1 is 1.11 bits per heavy atom. The summed E-state index contributed by atoms with van der Waals surface area (Å²) in [6.45, 7) is 0.729. The Balaban J connectivity index is 1.65. The van der Waals surface area contributed by atoms with E-state index in [-0.39, 0.29) is 17.7 Å². The molecule has 2 fully saturated rings. The van der Waals surface area contributed by atoms with Gasteiger partial charge >= 0.3 is 5.97 Å². The van der Waals surface area contributed by atoms with Crippen LogP contribution in [0.25, 0.3) is 0 Å². The minimum Gasteiger partial charge on any atom is -0.481 e. The third kappa shape index (κ3) is 3.64. The van der Waals surface area contributed by atoms with E-state index >= 15 is 0 Å². The van der Waals surface area contributed by atoms with E-state index in [1.807, 2.05) is 11.8 Å². The number of hydrogen-bond acceptors (Lipinski definition) is 3. The molecular weight excluding hydrogens is 250 g/mol. The number of nitrogens with one attached hydrogen (secondary N) is 1. The summed E-state index contributed by atoms with van der Waals surface area (Å²) >= 11 is 1.85. The molecule has 0 aromatic carbocycles. The number of thioether (sulfide) groups is 1. The fourth-order valence-electron chi connectivity index (χ4n) is 2.74. The number of carboxylic acids is 1. The van der Waals surface area contributed by atoms with E-state index in [1.165, 1.54) is 0 Å². The zero-order valence-corrected chi connectivity index (χ0v) is 11.4. The number of aliphatic carboxylic acids is 1. The Bertz CT molecular complexity index is 307. The second-order valence-electron chi connectivity index (χ2n) is 5.36. The second-order valence-corrected chi connectivity index (χ2v) is 6.51. The Kier molecular flexibility index (Phi) is 4.92. The van der Waals surface area contributed by atoms with Crippen LogP contribution in [0.1, 0.15) is 32.1 Å². The quantitative estimate of drug-likeness (QED) is 0.817. The van der Waals surface area contributed by atoms with Crippen LogP contribution in [-0.4, -0.2) is 35.0 Å². The maximum Gasteiger partial charge on any atom is 0.306 e. The van der Waals surface area contributed by atoms with Crippen molar-refractivity contribution in [3.8, 4) is 0 Å². The molecule has 4 nitrogen and oxygen atoms in total. The SMILES string of the molecule is O=C(O)C1CCC(CNC(=O)C2CCSC2)CC1. The smallest absolute Gasteiger partial charge is 0.306 e. The van der Waals surface area contributed by atoms with Gasteiger partial charge in [-0.25, -0.2) is 0 Å². The summed E-state index contributed by atoms with van der Waals surface area (Å²) in [5.74, 6) is 2.09. The Labute approximate surface area is 112 Å². The molecule has 1 amide bonds. The molecule has 1 saturated heterocycles. The molecule has 1 saturated carbocycles. The van der Waals surface area contributed by atoms with Crippen LogP contribution in [0.4, 0.5) is 0 Å². The van der Waals surface area contributed by atoms with Gasteiger partial charge in [0.25, 0.3) is 0 Å². The maximum absolute atomic E-state index is 11.8. The van der Waals surface area contributed by atoms with E-state index < -0.39 is 5.97 Å². The fourth-order valence-corrected chi connectivity index (χ4v) is 3.96. The van der Waals surface area contributed by atoms with Gasteiger partial charge in [-0.2, -0.15) is 11.8 Å². The van der Waals surface area contributed by atoms with Gasteiger partial charge in [0.1, 0.15) is 0 Å². The number of amides is 1. The van der Waals surface area contributed by atoms with Gasteiger partial charge in [0.2, 0.25) is 5.91 Å². The first-order valence-electron chi connectivity index (χ1n) is 6.75. The largest absolute Gasteiger partial charge is 0.481 e. The lowest BCUT2D eigenvalue weighted by Gasteiger charge is -2.26. The molecule has 0 aromatic rings. The average molecular weight is 271 g/mol. The van der Waals surface area contributed by atoms with Crippen molar-refractivity contribution in [3.63, 3.8) is 0 Å². The van der Waals surface area contributed by atoms with E-state index in [9.17, 15) is 9.59 Å². The van der Waals surface area contributed by atoms with Gasteiger partial charge in [0, 0.05) is 18.2 Å². The molecule has 18 heavy (non-hydrogen) atoms. The van der Waals surface area contributed by atoms with Crippen molar-refractivity contribution in [2.45, 2.75) is 32.1 Å². The van der Waals surface area contributed by atoms with Crippen LogP contribution in [0.5, 0.6) is 0 Å². The standard InChI is InChI=1S/C13H21NO3S/c15-12(11-5-6-18-8-11)14-7-9-1-3-10(4-2-9)13(16)17/h9-11H,1-8H2,(H,14,15)(H,16,17). The first kappa shape index (κ1) is 13.7. The highest BCUT2D eigenvalue weighted by Crippen LogP contribution is 2.29. The van der Waals surface area contributed by atoms with Gasteiger partial charge in [-0.05, 0) is 43.8 Å². The third-order valence-corrected chi connectivity index (χ3v) is 5.22. The van der Waals surface area contributed by atoms with Gasteiger partial charge < -0.3 is 10.4 Å². The summed E-state index contributed by atoms with van der Waals surface area (Å²) in [7, 11) is 0. The molecule has 1 aliphatic heterocycles. The first-order chi connectivity index (χ1) is 8.66. The summed E-state index contributed by atoms with van der Waals surface area (Å²) in [4.78, 5) is 22.7. The topological polar surface area (TPSA) is 66.4 Å². The molecule has 0 bridgehead atoms. The fraction of sp³-hybridized carbons (Fsp3) is 0.846. The molecule has 1 aliphatic carbocycles. The molecule has 2 rings (SSSR count). The van der Waals surface area contributed by atoms with Crippen LogP contribution in [-0.2, 0) is 9.59 Å². The highest BCUT2D eigenvalue weighted by atomic mass is 32.2. The van der Waals surface area contributed by atoms with Gasteiger partial charge in [0.05, 0.1) is 5.92 Å². The number of carbonyl (C=O) groups is 2. The molecule has 102 valence electrons. The minimum atomic E-state index is -0.666. The normalized spacial score (nSPS) is 32.1. The van der Waals surface area contributed by atoms with E-state index in [4.69, 9.17) is 5.11 Å². The lowest BCUT2D eigenvalue weighted by Crippen LogP contribution is -2.36. The molecule has 1 heterocycles. The number of rotatable bonds is 4. The van der Waals surface area contributed by atoms with Crippen molar-refractivity contribution < 1.29 is 14.7 Å². The molecule has 0 spiro atoms. The predicted molar refractivity (Wildman–Crippen MR) is 71.5 cm³/mol. The van der Waals surface area contributed by atoms with Crippen LogP contribution >= 0.6 is 11.8 Å². The molecule has 5 heteroatoms. The highest BCUT2D eigenvalue weighted by Gasteiger charge is 2.27.